The molecule has 0 amide bonds. The van der Waals surface area contributed by atoms with Crippen LogP contribution in [0.4, 0.5) is 0 Å². The molecule has 2 aromatic carbocycles. The molecule has 5 nitrogen and oxygen atoms in total. The first-order valence-corrected chi connectivity index (χ1v) is 7.86. The average molecular weight is 328 g/mol. The number of ether oxygens (including phenoxy) is 3. The Balaban J connectivity index is 1.93. The third kappa shape index (κ3) is 5.19. The van der Waals surface area contributed by atoms with Crippen LogP contribution < -0.4 is 19.6 Å². The molecule has 5 heteroatoms. The number of hydrogen-bond acceptors (Lipinski definition) is 5. The van der Waals surface area contributed by atoms with Gasteiger partial charge in [-0.1, -0.05) is 18.2 Å². The van der Waals surface area contributed by atoms with Crippen molar-refractivity contribution in [3.63, 3.8) is 0 Å². The van der Waals surface area contributed by atoms with Crippen LogP contribution in [-0.4, -0.2) is 26.5 Å². The molecule has 2 aromatic rings. The molecule has 0 aliphatic carbocycles. The van der Waals surface area contributed by atoms with Crippen LogP contribution in [0.2, 0.25) is 0 Å². The van der Waals surface area contributed by atoms with Crippen molar-refractivity contribution < 1.29 is 14.2 Å². The third-order valence-electron chi connectivity index (χ3n) is 3.27. The Morgan fingerprint density at radius 2 is 1.83 bits per heavy atom. The van der Waals surface area contributed by atoms with Crippen LogP contribution in [-0.2, 0) is 6.54 Å². The highest BCUT2D eigenvalue weighted by Gasteiger charge is 2.03. The Bertz CT molecular complexity index is 684. The first-order valence-electron chi connectivity index (χ1n) is 7.86. The van der Waals surface area contributed by atoms with Gasteiger partial charge in [-0.3, -0.25) is 0 Å². The van der Waals surface area contributed by atoms with E-state index in [0.717, 1.165) is 16.9 Å². The Morgan fingerprint density at radius 3 is 2.54 bits per heavy atom. The van der Waals surface area contributed by atoms with Gasteiger partial charge in [0.1, 0.15) is 5.75 Å². The standard InChI is InChI=1S/C19H24N2O3/c1-14(2)24-17-7-5-6-15(10-17)12-20-21-13-16-8-9-18(22-3)19(11-16)23-4/h5-12,14,21H,13H2,1-4H3/b20-12+. The summed E-state index contributed by atoms with van der Waals surface area (Å²) in [7, 11) is 3.25. The second-order valence-corrected chi connectivity index (χ2v) is 5.52. The Hall–Kier alpha value is -2.69. The van der Waals surface area contributed by atoms with E-state index in [4.69, 9.17) is 14.2 Å². The summed E-state index contributed by atoms with van der Waals surface area (Å²) < 4.78 is 16.2. The van der Waals surface area contributed by atoms with E-state index in [-0.39, 0.29) is 6.10 Å². The van der Waals surface area contributed by atoms with Crippen molar-refractivity contribution in [2.75, 3.05) is 14.2 Å². The van der Waals surface area contributed by atoms with Crippen LogP contribution in [0, 0.1) is 0 Å². The molecule has 24 heavy (non-hydrogen) atoms. The van der Waals surface area contributed by atoms with E-state index in [1.807, 2.05) is 56.3 Å². The van der Waals surface area contributed by atoms with Gasteiger partial charge < -0.3 is 19.6 Å². The maximum absolute atomic E-state index is 5.67. The van der Waals surface area contributed by atoms with Crippen molar-refractivity contribution >= 4 is 6.21 Å². The van der Waals surface area contributed by atoms with Gasteiger partial charge in [-0.15, -0.1) is 0 Å². The third-order valence-corrected chi connectivity index (χ3v) is 3.27. The molecule has 0 radical (unpaired) electrons. The summed E-state index contributed by atoms with van der Waals surface area (Å²) in [5.41, 5.74) is 5.07. The summed E-state index contributed by atoms with van der Waals surface area (Å²) in [4.78, 5) is 0. The minimum Gasteiger partial charge on any atom is -0.493 e. The fraction of sp³-hybridized carbons (Fsp3) is 0.316. The van der Waals surface area contributed by atoms with Crippen LogP contribution in [0.15, 0.2) is 47.6 Å². The molecule has 0 spiro atoms. The van der Waals surface area contributed by atoms with E-state index in [1.54, 1.807) is 20.4 Å². The largest absolute Gasteiger partial charge is 0.493 e. The minimum atomic E-state index is 0.153. The fourth-order valence-corrected chi connectivity index (χ4v) is 2.19. The monoisotopic (exact) mass is 328 g/mol. The fourth-order valence-electron chi connectivity index (χ4n) is 2.19. The van der Waals surface area contributed by atoms with Crippen LogP contribution in [0.3, 0.4) is 0 Å². The van der Waals surface area contributed by atoms with E-state index >= 15 is 0 Å². The molecular weight excluding hydrogens is 304 g/mol. The smallest absolute Gasteiger partial charge is 0.161 e. The predicted molar refractivity (Wildman–Crippen MR) is 96.2 cm³/mol. The van der Waals surface area contributed by atoms with Crippen molar-refractivity contribution in [3.8, 4) is 17.2 Å². The number of hydrazone groups is 1. The molecule has 1 N–H and O–H groups in total. The molecule has 0 aromatic heterocycles. The summed E-state index contributed by atoms with van der Waals surface area (Å²) in [6.07, 6.45) is 1.92. The summed E-state index contributed by atoms with van der Waals surface area (Å²) in [5, 5.41) is 4.25. The van der Waals surface area contributed by atoms with E-state index < -0.39 is 0 Å². The average Bonchev–Trinajstić information content (AvgIpc) is 2.58. The maximum Gasteiger partial charge on any atom is 0.161 e. The predicted octanol–water partition coefficient (Wildman–Crippen LogP) is 3.61. The molecule has 128 valence electrons. The first-order chi connectivity index (χ1) is 11.6. The maximum atomic E-state index is 5.67. The zero-order valence-electron chi connectivity index (χ0n) is 14.6. The number of methoxy groups -OCH3 is 2. The number of nitrogens with zero attached hydrogens (tertiary/aromatic N) is 1. The van der Waals surface area contributed by atoms with Crippen LogP contribution in [0.5, 0.6) is 17.2 Å². The van der Waals surface area contributed by atoms with E-state index in [2.05, 4.69) is 10.5 Å². The molecule has 0 saturated carbocycles. The Kier molecular flexibility index (Phi) is 6.49. The second-order valence-electron chi connectivity index (χ2n) is 5.52. The molecule has 2 rings (SSSR count). The van der Waals surface area contributed by atoms with E-state index in [1.165, 1.54) is 0 Å². The van der Waals surface area contributed by atoms with Gasteiger partial charge in [0, 0.05) is 0 Å². The van der Waals surface area contributed by atoms with E-state index in [9.17, 15) is 0 Å². The van der Waals surface area contributed by atoms with Crippen LogP contribution in [0.25, 0.3) is 0 Å². The molecule has 0 atom stereocenters. The summed E-state index contributed by atoms with van der Waals surface area (Å²) in [5.74, 6) is 2.26. The molecule has 0 unspecified atom stereocenters. The van der Waals surface area contributed by atoms with Gasteiger partial charge in [0.2, 0.25) is 0 Å². The highest BCUT2D eigenvalue weighted by molar-refractivity contribution is 5.79. The van der Waals surface area contributed by atoms with Crippen molar-refractivity contribution in [3.05, 3.63) is 53.6 Å². The lowest BCUT2D eigenvalue weighted by Gasteiger charge is -2.10. The lowest BCUT2D eigenvalue weighted by Crippen LogP contribution is -2.07. The normalized spacial score (nSPS) is 10.9. The van der Waals surface area contributed by atoms with Gasteiger partial charge >= 0.3 is 0 Å². The van der Waals surface area contributed by atoms with Gasteiger partial charge in [0.05, 0.1) is 33.1 Å². The van der Waals surface area contributed by atoms with Gasteiger partial charge in [0.25, 0.3) is 0 Å². The molecule has 0 bridgehead atoms. The van der Waals surface area contributed by atoms with Gasteiger partial charge in [-0.25, -0.2) is 0 Å². The molecular formula is C19H24N2O3. The number of hydrogen-bond donors (Lipinski definition) is 1. The highest BCUT2D eigenvalue weighted by Crippen LogP contribution is 2.27. The van der Waals surface area contributed by atoms with Crippen LogP contribution in [0.1, 0.15) is 25.0 Å². The quantitative estimate of drug-likeness (QED) is 0.594. The SMILES string of the molecule is COc1ccc(CN/N=C/c2cccc(OC(C)C)c2)cc1OC. The highest BCUT2D eigenvalue weighted by atomic mass is 16.5. The second kappa shape index (κ2) is 8.82. The van der Waals surface area contributed by atoms with Gasteiger partial charge in [-0.05, 0) is 49.2 Å². The molecule has 0 aliphatic heterocycles. The van der Waals surface area contributed by atoms with Crippen molar-refractivity contribution in [1.82, 2.24) is 5.43 Å². The minimum absolute atomic E-state index is 0.153. The topological polar surface area (TPSA) is 52.1 Å². The lowest BCUT2D eigenvalue weighted by atomic mass is 10.2. The van der Waals surface area contributed by atoms with Crippen molar-refractivity contribution in [2.24, 2.45) is 5.10 Å². The summed E-state index contributed by atoms with van der Waals surface area (Å²) in [6.45, 7) is 4.61. The van der Waals surface area contributed by atoms with Gasteiger partial charge in [0.15, 0.2) is 11.5 Å². The zero-order valence-corrected chi connectivity index (χ0v) is 14.6. The molecule has 0 fully saturated rings. The van der Waals surface area contributed by atoms with E-state index in [0.29, 0.717) is 18.0 Å². The number of rotatable bonds is 8. The zero-order chi connectivity index (χ0) is 17.4. The Labute approximate surface area is 143 Å². The summed E-state index contributed by atoms with van der Waals surface area (Å²) >= 11 is 0. The Morgan fingerprint density at radius 1 is 1.04 bits per heavy atom. The first kappa shape index (κ1) is 17.7. The molecule has 0 saturated heterocycles. The van der Waals surface area contributed by atoms with Crippen molar-refractivity contribution in [1.29, 1.82) is 0 Å². The number of benzene rings is 2. The van der Waals surface area contributed by atoms with Crippen molar-refractivity contribution in [2.45, 2.75) is 26.5 Å². The van der Waals surface area contributed by atoms with Gasteiger partial charge in [-0.2, -0.15) is 5.10 Å². The number of nitrogens with one attached hydrogen (secondary N) is 1. The molecule has 0 heterocycles. The summed E-state index contributed by atoms with van der Waals surface area (Å²) in [6, 6.07) is 13.6. The van der Waals surface area contributed by atoms with Crippen LogP contribution >= 0.6 is 0 Å². The molecule has 0 aliphatic rings. The lowest BCUT2D eigenvalue weighted by molar-refractivity contribution is 0.242.